The smallest absolute Gasteiger partial charge is 0.254 e. The summed E-state index contributed by atoms with van der Waals surface area (Å²) >= 11 is 0. The number of nitrogen functional groups attached to an aromatic ring is 1. The molecule has 1 aromatic carbocycles. The lowest BCUT2D eigenvalue weighted by atomic mass is 10.1. The number of amides is 1. The molecule has 0 bridgehead atoms. The van der Waals surface area contributed by atoms with Crippen molar-refractivity contribution in [1.82, 2.24) is 5.32 Å². The van der Waals surface area contributed by atoms with Crippen LogP contribution in [0.25, 0.3) is 0 Å². The topological polar surface area (TPSA) is 75.3 Å². The molecule has 0 radical (unpaired) electrons. The molecule has 1 aromatic rings. The van der Waals surface area contributed by atoms with Crippen molar-refractivity contribution >= 4 is 11.6 Å². The number of carbonyl (C=O) groups is 1. The van der Waals surface area contributed by atoms with Crippen molar-refractivity contribution < 1.29 is 18.7 Å². The minimum atomic E-state index is -0.927. The van der Waals surface area contributed by atoms with Crippen molar-refractivity contribution in [3.63, 3.8) is 0 Å². The van der Waals surface area contributed by atoms with E-state index in [4.69, 9.17) is 10.8 Å². The average molecular weight is 258 g/mol. The number of benzene rings is 1. The zero-order chi connectivity index (χ0) is 13.7. The first-order valence-electron chi connectivity index (χ1n) is 5.59. The van der Waals surface area contributed by atoms with Gasteiger partial charge in [0.25, 0.3) is 5.91 Å². The van der Waals surface area contributed by atoms with Crippen molar-refractivity contribution in [2.24, 2.45) is 5.92 Å². The first-order valence-corrected chi connectivity index (χ1v) is 5.59. The van der Waals surface area contributed by atoms with E-state index in [0.717, 1.165) is 12.1 Å². The van der Waals surface area contributed by atoms with Crippen molar-refractivity contribution in [3.05, 3.63) is 29.3 Å². The molecule has 0 aromatic heterocycles. The summed E-state index contributed by atoms with van der Waals surface area (Å²) in [5.74, 6) is -2.36. The number of nitrogens with one attached hydrogen (secondary N) is 1. The third-order valence-corrected chi connectivity index (χ3v) is 2.54. The van der Waals surface area contributed by atoms with E-state index >= 15 is 0 Å². The summed E-state index contributed by atoms with van der Waals surface area (Å²) in [6.07, 6.45) is 0.522. The summed E-state index contributed by atoms with van der Waals surface area (Å²) in [5.41, 5.74) is 4.42. The third kappa shape index (κ3) is 3.66. The Morgan fingerprint density at radius 3 is 2.78 bits per heavy atom. The van der Waals surface area contributed by atoms with Gasteiger partial charge in [0, 0.05) is 13.2 Å². The van der Waals surface area contributed by atoms with Crippen molar-refractivity contribution in [3.8, 4) is 0 Å². The maximum atomic E-state index is 13.5. The molecular weight excluding hydrogens is 242 g/mol. The fraction of sp³-hybridized carbons (Fsp3) is 0.417. The molecule has 1 rings (SSSR count). The van der Waals surface area contributed by atoms with Gasteiger partial charge in [-0.15, -0.1) is 0 Å². The van der Waals surface area contributed by atoms with Gasteiger partial charge >= 0.3 is 0 Å². The van der Waals surface area contributed by atoms with Crippen LogP contribution in [0.1, 0.15) is 23.7 Å². The van der Waals surface area contributed by atoms with Gasteiger partial charge in [-0.1, -0.05) is 6.92 Å². The average Bonchev–Trinajstić information content (AvgIpc) is 2.31. The molecule has 0 saturated heterocycles. The first-order chi connectivity index (χ1) is 8.45. The molecular formula is C12H16F2N2O2. The van der Waals surface area contributed by atoms with Crippen LogP contribution >= 0.6 is 0 Å². The number of nitrogens with two attached hydrogens (primary N) is 1. The van der Waals surface area contributed by atoms with E-state index in [1.807, 2.05) is 6.92 Å². The van der Waals surface area contributed by atoms with Crippen molar-refractivity contribution in [2.45, 2.75) is 13.3 Å². The number of aliphatic hydroxyl groups excluding tert-OH is 1. The standard InChI is InChI=1S/C12H16F2N2O2/c1-7(2-3-17)6-16-12(18)9-4-8(13)5-10(15)11(9)14/h4-5,7,17H,2-3,6,15H2,1H3,(H,16,18). The third-order valence-electron chi connectivity index (χ3n) is 2.54. The second-order valence-electron chi connectivity index (χ2n) is 4.18. The van der Waals surface area contributed by atoms with Gasteiger partial charge in [-0.3, -0.25) is 4.79 Å². The Labute approximate surface area is 104 Å². The Hall–Kier alpha value is -1.69. The van der Waals surface area contributed by atoms with E-state index in [2.05, 4.69) is 5.32 Å². The van der Waals surface area contributed by atoms with E-state index in [9.17, 15) is 13.6 Å². The van der Waals surface area contributed by atoms with Crippen LogP contribution in [0.2, 0.25) is 0 Å². The number of rotatable bonds is 5. The first kappa shape index (κ1) is 14.4. The Balaban J connectivity index is 2.73. The number of anilines is 1. The minimum Gasteiger partial charge on any atom is -0.396 e. The summed E-state index contributed by atoms with van der Waals surface area (Å²) < 4.78 is 26.5. The lowest BCUT2D eigenvalue weighted by Crippen LogP contribution is -2.29. The van der Waals surface area contributed by atoms with Crippen molar-refractivity contribution in [1.29, 1.82) is 0 Å². The van der Waals surface area contributed by atoms with Gasteiger partial charge in [-0.25, -0.2) is 8.78 Å². The highest BCUT2D eigenvalue weighted by Gasteiger charge is 2.16. The zero-order valence-electron chi connectivity index (χ0n) is 10.0. The quantitative estimate of drug-likeness (QED) is 0.697. The Morgan fingerprint density at radius 1 is 1.50 bits per heavy atom. The summed E-state index contributed by atoms with van der Waals surface area (Å²) in [7, 11) is 0. The summed E-state index contributed by atoms with van der Waals surface area (Å²) in [5, 5.41) is 11.2. The van der Waals surface area contributed by atoms with Gasteiger partial charge in [0.1, 0.15) is 5.82 Å². The second kappa shape index (κ2) is 6.30. The van der Waals surface area contributed by atoms with E-state index in [0.29, 0.717) is 6.42 Å². The second-order valence-corrected chi connectivity index (χ2v) is 4.18. The van der Waals surface area contributed by atoms with E-state index in [-0.39, 0.29) is 19.1 Å². The maximum Gasteiger partial charge on any atom is 0.254 e. The van der Waals surface area contributed by atoms with Crippen LogP contribution < -0.4 is 11.1 Å². The molecule has 0 aliphatic carbocycles. The zero-order valence-corrected chi connectivity index (χ0v) is 10.0. The molecule has 0 spiro atoms. The van der Waals surface area contributed by atoms with E-state index in [1.165, 1.54) is 0 Å². The number of hydrogen-bond acceptors (Lipinski definition) is 3. The summed E-state index contributed by atoms with van der Waals surface area (Å²) in [6, 6.07) is 1.62. The lowest BCUT2D eigenvalue weighted by Gasteiger charge is -2.12. The van der Waals surface area contributed by atoms with Gasteiger partial charge < -0.3 is 16.2 Å². The molecule has 1 amide bonds. The highest BCUT2D eigenvalue weighted by Crippen LogP contribution is 2.17. The predicted molar refractivity (Wildman–Crippen MR) is 64.0 cm³/mol. The monoisotopic (exact) mass is 258 g/mol. The largest absolute Gasteiger partial charge is 0.396 e. The number of carbonyl (C=O) groups excluding carboxylic acids is 1. The van der Waals surface area contributed by atoms with Crippen LogP contribution in [0.3, 0.4) is 0 Å². The molecule has 0 fully saturated rings. The highest BCUT2D eigenvalue weighted by molar-refractivity contribution is 5.95. The molecule has 1 atom stereocenters. The van der Waals surface area contributed by atoms with E-state index < -0.39 is 28.8 Å². The molecule has 1 unspecified atom stereocenters. The molecule has 0 aliphatic heterocycles. The molecule has 0 aliphatic rings. The molecule has 4 N–H and O–H groups in total. The number of halogens is 2. The van der Waals surface area contributed by atoms with Crippen LogP contribution in [-0.4, -0.2) is 24.2 Å². The van der Waals surface area contributed by atoms with Gasteiger partial charge in [0.2, 0.25) is 0 Å². The maximum absolute atomic E-state index is 13.5. The summed E-state index contributed by atoms with van der Waals surface area (Å²) in [4.78, 5) is 11.6. The SMILES string of the molecule is CC(CCO)CNC(=O)c1cc(F)cc(N)c1F. The number of hydrogen-bond donors (Lipinski definition) is 3. The van der Waals surface area contributed by atoms with Gasteiger partial charge in [0.05, 0.1) is 11.3 Å². The Bertz CT molecular complexity index is 438. The molecule has 100 valence electrons. The Kier molecular flexibility index (Phi) is 5.03. The molecule has 4 nitrogen and oxygen atoms in total. The van der Waals surface area contributed by atoms with E-state index in [1.54, 1.807) is 0 Å². The fourth-order valence-corrected chi connectivity index (χ4v) is 1.46. The minimum absolute atomic E-state index is 0.0122. The van der Waals surface area contributed by atoms with Gasteiger partial charge in [-0.05, 0) is 24.5 Å². The molecule has 0 heterocycles. The van der Waals surface area contributed by atoms with Crippen LogP contribution in [0.15, 0.2) is 12.1 Å². The van der Waals surface area contributed by atoms with Gasteiger partial charge in [0.15, 0.2) is 5.82 Å². The molecule has 0 saturated carbocycles. The predicted octanol–water partition coefficient (Wildman–Crippen LogP) is 1.30. The van der Waals surface area contributed by atoms with Crippen LogP contribution in [-0.2, 0) is 0 Å². The summed E-state index contributed by atoms with van der Waals surface area (Å²) in [6.45, 7) is 2.11. The molecule has 6 heteroatoms. The highest BCUT2D eigenvalue weighted by atomic mass is 19.1. The normalized spacial score (nSPS) is 12.2. The molecule has 18 heavy (non-hydrogen) atoms. The fourth-order valence-electron chi connectivity index (χ4n) is 1.46. The number of aliphatic hydroxyl groups is 1. The lowest BCUT2D eigenvalue weighted by molar-refractivity contribution is 0.0941. The van der Waals surface area contributed by atoms with Crippen LogP contribution in [0, 0.1) is 17.6 Å². The van der Waals surface area contributed by atoms with Crippen molar-refractivity contribution in [2.75, 3.05) is 18.9 Å². The van der Waals surface area contributed by atoms with Crippen LogP contribution in [0.4, 0.5) is 14.5 Å². The van der Waals surface area contributed by atoms with Gasteiger partial charge in [-0.2, -0.15) is 0 Å². The van der Waals surface area contributed by atoms with Crippen LogP contribution in [0.5, 0.6) is 0 Å². The Morgan fingerprint density at radius 2 is 2.17 bits per heavy atom.